The van der Waals surface area contributed by atoms with Crippen molar-refractivity contribution in [1.82, 2.24) is 4.98 Å². The van der Waals surface area contributed by atoms with Crippen molar-refractivity contribution in [1.29, 1.82) is 0 Å². The van der Waals surface area contributed by atoms with Crippen LogP contribution in [0.3, 0.4) is 0 Å². The maximum atomic E-state index is 13.3. The molecule has 1 aromatic heterocycles. The van der Waals surface area contributed by atoms with Gasteiger partial charge in [0.25, 0.3) is 0 Å². The monoisotopic (exact) mass is 256 g/mol. The van der Waals surface area contributed by atoms with E-state index in [0.29, 0.717) is 5.56 Å². The van der Waals surface area contributed by atoms with Gasteiger partial charge < -0.3 is 5.32 Å². The lowest BCUT2D eigenvalue weighted by Crippen LogP contribution is -2.04. The Labute approximate surface area is 100 Å². The molecule has 0 fully saturated rings. The van der Waals surface area contributed by atoms with E-state index in [1.54, 1.807) is 0 Å². The van der Waals surface area contributed by atoms with Gasteiger partial charge in [0, 0.05) is 12.7 Å². The van der Waals surface area contributed by atoms with Gasteiger partial charge in [0.1, 0.15) is 5.82 Å². The number of hydrogen-bond acceptors (Lipinski definition) is 2. The molecule has 0 unspecified atom stereocenters. The molecular formula is C12H8F4N2. The molecule has 0 spiro atoms. The molecular weight excluding hydrogens is 248 g/mol. The van der Waals surface area contributed by atoms with Crippen LogP contribution in [0, 0.1) is 23.3 Å². The van der Waals surface area contributed by atoms with Crippen molar-refractivity contribution in [2.75, 3.05) is 5.32 Å². The summed E-state index contributed by atoms with van der Waals surface area (Å²) in [5.41, 5.74) is 0.261. The fraction of sp³-hybridized carbons (Fsp3) is 0.0833. The second-order valence-electron chi connectivity index (χ2n) is 3.59. The van der Waals surface area contributed by atoms with Crippen LogP contribution >= 0.6 is 0 Å². The van der Waals surface area contributed by atoms with Crippen molar-refractivity contribution in [3.63, 3.8) is 0 Å². The van der Waals surface area contributed by atoms with Crippen LogP contribution in [-0.2, 0) is 6.54 Å². The van der Waals surface area contributed by atoms with Crippen molar-refractivity contribution in [3.8, 4) is 0 Å². The number of nitrogens with zero attached hydrogens (tertiary/aromatic N) is 1. The predicted molar refractivity (Wildman–Crippen MR) is 57.8 cm³/mol. The molecule has 1 heterocycles. The summed E-state index contributed by atoms with van der Waals surface area (Å²) in [5, 5.41) is 2.54. The van der Waals surface area contributed by atoms with Crippen LogP contribution in [0.25, 0.3) is 0 Å². The highest BCUT2D eigenvalue weighted by atomic mass is 19.2. The molecule has 0 bridgehead atoms. The molecule has 18 heavy (non-hydrogen) atoms. The lowest BCUT2D eigenvalue weighted by atomic mass is 10.2. The molecule has 0 aliphatic carbocycles. The molecule has 1 aromatic carbocycles. The fourth-order valence-electron chi connectivity index (χ4n) is 1.41. The summed E-state index contributed by atoms with van der Waals surface area (Å²) in [4.78, 5) is 3.61. The highest BCUT2D eigenvalue weighted by Gasteiger charge is 2.12. The Balaban J connectivity index is 2.14. The summed E-state index contributed by atoms with van der Waals surface area (Å²) in [6.45, 7) is 0.0484. The van der Waals surface area contributed by atoms with Crippen LogP contribution in [0.2, 0.25) is 0 Å². The second kappa shape index (κ2) is 5.03. The topological polar surface area (TPSA) is 24.9 Å². The largest absolute Gasteiger partial charge is 0.378 e. The van der Waals surface area contributed by atoms with Crippen LogP contribution in [0.4, 0.5) is 23.2 Å². The van der Waals surface area contributed by atoms with E-state index in [-0.39, 0.29) is 12.2 Å². The van der Waals surface area contributed by atoms with Gasteiger partial charge in [-0.2, -0.15) is 0 Å². The van der Waals surface area contributed by atoms with Crippen LogP contribution in [0.1, 0.15) is 5.56 Å². The SMILES string of the molecule is Fc1cncc(CNc2ccc(F)c(F)c2F)c1. The maximum Gasteiger partial charge on any atom is 0.196 e. The first-order chi connectivity index (χ1) is 8.58. The molecule has 1 N–H and O–H groups in total. The number of hydrogen-bond donors (Lipinski definition) is 1. The minimum atomic E-state index is -1.54. The number of rotatable bonds is 3. The van der Waals surface area contributed by atoms with E-state index in [9.17, 15) is 17.6 Å². The molecule has 94 valence electrons. The smallest absolute Gasteiger partial charge is 0.196 e. The van der Waals surface area contributed by atoms with Gasteiger partial charge in [-0.1, -0.05) is 0 Å². The van der Waals surface area contributed by atoms with Crippen molar-refractivity contribution >= 4 is 5.69 Å². The van der Waals surface area contributed by atoms with Crippen molar-refractivity contribution in [3.05, 3.63) is 59.4 Å². The number of pyridine rings is 1. The van der Waals surface area contributed by atoms with E-state index >= 15 is 0 Å². The van der Waals surface area contributed by atoms with E-state index in [1.165, 1.54) is 12.3 Å². The van der Waals surface area contributed by atoms with Crippen LogP contribution in [0.5, 0.6) is 0 Å². The van der Waals surface area contributed by atoms with E-state index in [2.05, 4.69) is 10.3 Å². The first-order valence-electron chi connectivity index (χ1n) is 5.04. The zero-order valence-electron chi connectivity index (χ0n) is 9.05. The molecule has 0 saturated heterocycles. The molecule has 2 aromatic rings. The molecule has 0 atom stereocenters. The Bertz CT molecular complexity index is 572. The standard InChI is InChI=1S/C12H8F4N2/c13-8-3-7(4-17-6-8)5-18-10-2-1-9(14)11(15)12(10)16/h1-4,6,18H,5H2. The van der Waals surface area contributed by atoms with E-state index in [0.717, 1.165) is 18.3 Å². The Morgan fingerprint density at radius 2 is 1.78 bits per heavy atom. The maximum absolute atomic E-state index is 13.3. The highest BCUT2D eigenvalue weighted by molar-refractivity contribution is 5.45. The van der Waals surface area contributed by atoms with Crippen LogP contribution in [0.15, 0.2) is 30.6 Å². The van der Waals surface area contributed by atoms with Gasteiger partial charge in [-0.25, -0.2) is 17.6 Å². The summed E-state index contributed by atoms with van der Waals surface area (Å²) < 4.78 is 51.7. The van der Waals surface area contributed by atoms with E-state index in [4.69, 9.17) is 0 Å². The number of aromatic nitrogens is 1. The van der Waals surface area contributed by atoms with Gasteiger partial charge in [0.15, 0.2) is 17.5 Å². The molecule has 0 radical (unpaired) electrons. The summed E-state index contributed by atoms with van der Waals surface area (Å²) >= 11 is 0. The van der Waals surface area contributed by atoms with Gasteiger partial charge in [-0.3, -0.25) is 4.98 Å². The zero-order chi connectivity index (χ0) is 13.1. The summed E-state index contributed by atoms with van der Waals surface area (Å²) in [6, 6.07) is 3.09. The number of benzene rings is 1. The number of nitrogens with one attached hydrogen (secondary N) is 1. The third-order valence-electron chi connectivity index (χ3n) is 2.28. The third-order valence-corrected chi connectivity index (χ3v) is 2.28. The van der Waals surface area contributed by atoms with Crippen molar-refractivity contribution in [2.24, 2.45) is 0 Å². The van der Waals surface area contributed by atoms with Gasteiger partial charge in [0.05, 0.1) is 11.9 Å². The fourth-order valence-corrected chi connectivity index (χ4v) is 1.41. The molecule has 0 amide bonds. The van der Waals surface area contributed by atoms with Gasteiger partial charge in [-0.05, 0) is 23.8 Å². The highest BCUT2D eigenvalue weighted by Crippen LogP contribution is 2.20. The molecule has 0 aliphatic heterocycles. The summed E-state index contributed by atoms with van der Waals surface area (Å²) in [7, 11) is 0. The Morgan fingerprint density at radius 3 is 2.50 bits per heavy atom. The summed E-state index contributed by atoms with van der Waals surface area (Å²) in [5.74, 6) is -4.64. The van der Waals surface area contributed by atoms with Crippen molar-refractivity contribution < 1.29 is 17.6 Å². The Kier molecular flexibility index (Phi) is 3.45. The molecule has 2 nitrogen and oxygen atoms in total. The molecule has 0 saturated carbocycles. The average Bonchev–Trinajstić information content (AvgIpc) is 2.35. The molecule has 2 rings (SSSR count). The number of anilines is 1. The first kappa shape index (κ1) is 12.3. The van der Waals surface area contributed by atoms with Crippen molar-refractivity contribution in [2.45, 2.75) is 6.54 Å². The summed E-state index contributed by atoms with van der Waals surface area (Å²) in [6.07, 6.45) is 2.41. The molecule has 6 heteroatoms. The normalized spacial score (nSPS) is 10.4. The lowest BCUT2D eigenvalue weighted by Gasteiger charge is -2.08. The average molecular weight is 256 g/mol. The van der Waals surface area contributed by atoms with Gasteiger partial charge in [-0.15, -0.1) is 0 Å². The van der Waals surface area contributed by atoms with Crippen LogP contribution in [-0.4, -0.2) is 4.98 Å². The van der Waals surface area contributed by atoms with Gasteiger partial charge in [0.2, 0.25) is 0 Å². The second-order valence-corrected chi connectivity index (χ2v) is 3.59. The van der Waals surface area contributed by atoms with Crippen LogP contribution < -0.4 is 5.32 Å². The Morgan fingerprint density at radius 1 is 1.00 bits per heavy atom. The number of halogens is 4. The van der Waals surface area contributed by atoms with Gasteiger partial charge >= 0.3 is 0 Å². The minimum Gasteiger partial charge on any atom is -0.378 e. The van der Waals surface area contributed by atoms with E-state index in [1.807, 2.05) is 0 Å². The third kappa shape index (κ3) is 2.58. The zero-order valence-corrected chi connectivity index (χ0v) is 9.05. The first-order valence-corrected chi connectivity index (χ1v) is 5.04. The quantitative estimate of drug-likeness (QED) is 0.673. The Hall–Kier alpha value is -2.11. The predicted octanol–water partition coefficient (Wildman–Crippen LogP) is 3.25. The minimum absolute atomic E-state index is 0.0484. The molecule has 0 aliphatic rings. The lowest BCUT2D eigenvalue weighted by molar-refractivity contribution is 0.449. The van der Waals surface area contributed by atoms with E-state index < -0.39 is 23.3 Å².